The molecule has 1 aromatic rings. The molecule has 23 heavy (non-hydrogen) atoms. The summed E-state index contributed by atoms with van der Waals surface area (Å²) in [6.45, 7) is 9.47. The monoisotopic (exact) mass is 346 g/mol. The molecule has 1 rings (SSSR count). The highest BCUT2D eigenvalue weighted by Gasteiger charge is 2.32. The lowest BCUT2D eigenvalue weighted by atomic mass is 10.0. The smallest absolute Gasteiger partial charge is 0.333 e. The molecule has 8 heteroatoms. The summed E-state index contributed by atoms with van der Waals surface area (Å²) in [6.07, 6.45) is 3.69. The zero-order valence-electron chi connectivity index (χ0n) is 14.3. The van der Waals surface area contributed by atoms with Crippen LogP contribution < -0.4 is 11.1 Å². The van der Waals surface area contributed by atoms with Crippen LogP contribution in [0.15, 0.2) is 12.4 Å². The molecule has 1 heterocycles. The lowest BCUT2D eigenvalue weighted by molar-refractivity contribution is -0.152. The molecule has 0 bridgehead atoms. The molecular weight excluding hydrogens is 320 g/mol. The molecule has 0 saturated carbocycles. The number of hydrogen-bond donors (Lipinski definition) is 2. The van der Waals surface area contributed by atoms with Crippen molar-refractivity contribution in [1.82, 2.24) is 9.78 Å². The van der Waals surface area contributed by atoms with Crippen LogP contribution in [-0.2, 0) is 19.9 Å². The Morgan fingerprint density at radius 2 is 2.04 bits per heavy atom. The Bertz CT molecular complexity index is 529. The minimum atomic E-state index is -0.945. The van der Waals surface area contributed by atoms with E-state index in [2.05, 4.69) is 10.4 Å². The first-order valence-corrected chi connectivity index (χ1v) is 7.47. The largest absolute Gasteiger partial charge is 0.464 e. The molecule has 132 valence electrons. The lowest BCUT2D eigenvalue weighted by Gasteiger charge is -2.22. The molecule has 0 fully saturated rings. The summed E-state index contributed by atoms with van der Waals surface area (Å²) in [5, 5.41) is 6.84. The van der Waals surface area contributed by atoms with E-state index in [1.807, 2.05) is 13.8 Å². The van der Waals surface area contributed by atoms with Gasteiger partial charge in [-0.05, 0) is 33.1 Å². The van der Waals surface area contributed by atoms with Crippen molar-refractivity contribution in [2.24, 2.45) is 11.7 Å². The molecule has 0 radical (unpaired) electrons. The van der Waals surface area contributed by atoms with E-state index < -0.39 is 11.6 Å². The van der Waals surface area contributed by atoms with E-state index in [0.717, 1.165) is 0 Å². The first-order chi connectivity index (χ1) is 10.2. The molecule has 0 aliphatic rings. The third kappa shape index (κ3) is 5.84. The average molecular weight is 347 g/mol. The van der Waals surface area contributed by atoms with E-state index in [1.54, 1.807) is 27.0 Å². The predicted molar refractivity (Wildman–Crippen MR) is 91.5 cm³/mol. The zero-order valence-corrected chi connectivity index (χ0v) is 15.1. The van der Waals surface area contributed by atoms with Gasteiger partial charge in [0.05, 0.1) is 24.5 Å². The van der Waals surface area contributed by atoms with Gasteiger partial charge in [0.1, 0.15) is 0 Å². The highest BCUT2D eigenvalue weighted by atomic mass is 35.5. The normalized spacial score (nSPS) is 12.5. The number of carbonyl (C=O) groups excluding carboxylic acids is 2. The molecule has 0 aromatic carbocycles. The minimum absolute atomic E-state index is 0. The molecule has 0 unspecified atom stereocenters. The number of amides is 1. The highest BCUT2D eigenvalue weighted by molar-refractivity contribution is 5.94. The first kappa shape index (κ1) is 21.4. The Hall–Kier alpha value is -1.60. The van der Waals surface area contributed by atoms with Crippen LogP contribution in [0.1, 0.15) is 41.0 Å². The van der Waals surface area contributed by atoms with Crippen molar-refractivity contribution in [1.29, 1.82) is 0 Å². The second kappa shape index (κ2) is 8.88. The van der Waals surface area contributed by atoms with Crippen molar-refractivity contribution in [3.63, 3.8) is 0 Å². The molecule has 0 spiro atoms. The van der Waals surface area contributed by atoms with Gasteiger partial charge in [-0.3, -0.25) is 9.48 Å². The van der Waals surface area contributed by atoms with Crippen LogP contribution in [0.4, 0.5) is 5.69 Å². The fraction of sp³-hybridized carbons (Fsp3) is 0.667. The van der Waals surface area contributed by atoms with Crippen molar-refractivity contribution in [3.8, 4) is 0 Å². The van der Waals surface area contributed by atoms with Gasteiger partial charge >= 0.3 is 5.97 Å². The fourth-order valence-corrected chi connectivity index (χ4v) is 1.94. The van der Waals surface area contributed by atoms with Crippen molar-refractivity contribution in [3.05, 3.63) is 12.4 Å². The van der Waals surface area contributed by atoms with E-state index in [1.165, 1.54) is 10.9 Å². The number of aromatic nitrogens is 2. The van der Waals surface area contributed by atoms with Gasteiger partial charge in [-0.15, -0.1) is 12.4 Å². The van der Waals surface area contributed by atoms with E-state index in [9.17, 15) is 9.59 Å². The van der Waals surface area contributed by atoms with Crippen LogP contribution in [0, 0.1) is 5.92 Å². The Morgan fingerprint density at radius 1 is 1.43 bits per heavy atom. The number of rotatable bonds is 7. The van der Waals surface area contributed by atoms with Crippen LogP contribution in [0.2, 0.25) is 0 Å². The predicted octanol–water partition coefficient (Wildman–Crippen LogP) is 1.91. The van der Waals surface area contributed by atoms with E-state index in [0.29, 0.717) is 24.6 Å². The first-order valence-electron chi connectivity index (χ1n) is 7.47. The van der Waals surface area contributed by atoms with Crippen molar-refractivity contribution in [2.75, 3.05) is 11.9 Å². The van der Waals surface area contributed by atoms with Crippen LogP contribution >= 0.6 is 12.4 Å². The van der Waals surface area contributed by atoms with Gasteiger partial charge in [0, 0.05) is 6.20 Å². The summed E-state index contributed by atoms with van der Waals surface area (Å²) >= 11 is 0. The van der Waals surface area contributed by atoms with Crippen LogP contribution in [-0.4, -0.2) is 34.3 Å². The number of nitrogens with one attached hydrogen (secondary N) is 1. The van der Waals surface area contributed by atoms with Gasteiger partial charge < -0.3 is 15.8 Å². The molecule has 0 aliphatic heterocycles. The zero-order chi connectivity index (χ0) is 16.9. The number of hydrogen-bond acceptors (Lipinski definition) is 5. The second-order valence-electron chi connectivity index (χ2n) is 6.18. The SMILES string of the molecule is CCOC(=O)C(C)(C)n1cc(NC(=O)[C@@H](N)CC(C)C)cn1.Cl. The Balaban J connectivity index is 0.00000484. The quantitative estimate of drug-likeness (QED) is 0.735. The van der Waals surface area contributed by atoms with Gasteiger partial charge in [-0.2, -0.15) is 5.10 Å². The Labute approximate surface area is 143 Å². The van der Waals surface area contributed by atoms with Crippen LogP contribution in [0.3, 0.4) is 0 Å². The summed E-state index contributed by atoms with van der Waals surface area (Å²) in [4.78, 5) is 23.9. The number of anilines is 1. The van der Waals surface area contributed by atoms with Gasteiger partial charge in [0.2, 0.25) is 5.91 Å². The minimum Gasteiger partial charge on any atom is -0.464 e. The van der Waals surface area contributed by atoms with E-state index in [4.69, 9.17) is 10.5 Å². The molecule has 1 aromatic heterocycles. The van der Waals surface area contributed by atoms with Gasteiger partial charge in [0.15, 0.2) is 5.54 Å². The maximum atomic E-state index is 12.0. The van der Waals surface area contributed by atoms with Gasteiger partial charge in [-0.1, -0.05) is 13.8 Å². The van der Waals surface area contributed by atoms with E-state index >= 15 is 0 Å². The molecule has 0 aliphatic carbocycles. The van der Waals surface area contributed by atoms with Crippen molar-refractivity contribution >= 4 is 30.0 Å². The third-order valence-electron chi connectivity index (χ3n) is 3.26. The number of ether oxygens (including phenoxy) is 1. The highest BCUT2D eigenvalue weighted by Crippen LogP contribution is 2.19. The fourth-order valence-electron chi connectivity index (χ4n) is 1.94. The number of nitrogens with zero attached hydrogens (tertiary/aromatic N) is 2. The second-order valence-corrected chi connectivity index (χ2v) is 6.18. The number of carbonyl (C=O) groups is 2. The average Bonchev–Trinajstić information content (AvgIpc) is 2.87. The summed E-state index contributed by atoms with van der Waals surface area (Å²) < 4.78 is 6.49. The molecule has 3 N–H and O–H groups in total. The van der Waals surface area contributed by atoms with Crippen molar-refractivity contribution < 1.29 is 14.3 Å². The topological polar surface area (TPSA) is 99.2 Å². The summed E-state index contributed by atoms with van der Waals surface area (Å²) in [5.74, 6) is -0.305. The molecular formula is C15H27ClN4O3. The van der Waals surface area contributed by atoms with E-state index in [-0.39, 0.29) is 24.3 Å². The maximum Gasteiger partial charge on any atom is 0.333 e. The third-order valence-corrected chi connectivity index (χ3v) is 3.26. The Kier molecular flexibility index (Phi) is 8.26. The van der Waals surface area contributed by atoms with Crippen LogP contribution in [0.5, 0.6) is 0 Å². The summed E-state index contributed by atoms with van der Waals surface area (Å²) in [7, 11) is 0. The summed E-state index contributed by atoms with van der Waals surface area (Å²) in [6, 6.07) is -0.568. The maximum absolute atomic E-state index is 12.0. The molecule has 1 atom stereocenters. The summed E-state index contributed by atoms with van der Waals surface area (Å²) in [5.41, 5.74) is 5.39. The van der Waals surface area contributed by atoms with Gasteiger partial charge in [-0.25, -0.2) is 4.79 Å². The number of nitrogens with two attached hydrogens (primary N) is 1. The van der Waals surface area contributed by atoms with Crippen LogP contribution in [0.25, 0.3) is 0 Å². The molecule has 7 nitrogen and oxygen atoms in total. The number of esters is 1. The lowest BCUT2D eigenvalue weighted by Crippen LogP contribution is -2.38. The standard InChI is InChI=1S/C15H26N4O3.ClH/c1-6-22-14(21)15(4,5)19-9-11(8-17-19)18-13(20)12(16)7-10(2)3;/h8-10,12H,6-7,16H2,1-5H3,(H,18,20);1H/t12-;/m0./s1. The Morgan fingerprint density at radius 3 is 2.57 bits per heavy atom. The number of halogens is 1. The van der Waals surface area contributed by atoms with Crippen molar-refractivity contribution in [2.45, 2.75) is 52.6 Å². The molecule has 1 amide bonds. The molecule has 0 saturated heterocycles. The van der Waals surface area contributed by atoms with Gasteiger partial charge in [0.25, 0.3) is 0 Å².